The summed E-state index contributed by atoms with van der Waals surface area (Å²) in [5, 5.41) is 0.141. The van der Waals surface area contributed by atoms with Crippen LogP contribution in [0.1, 0.15) is 29.7 Å². The average Bonchev–Trinajstić information content (AvgIpc) is 2.45. The molecule has 0 radical (unpaired) electrons. The van der Waals surface area contributed by atoms with Crippen LogP contribution in [-0.4, -0.2) is 6.04 Å². The van der Waals surface area contributed by atoms with Gasteiger partial charge in [0.1, 0.15) is 5.82 Å². The predicted molar refractivity (Wildman–Crippen MR) is 84.4 cm³/mol. The molecular formula is C17H20FNS. The summed E-state index contributed by atoms with van der Waals surface area (Å²) in [4.78, 5) is 0.916. The summed E-state index contributed by atoms with van der Waals surface area (Å²) in [5.41, 5.74) is 8.68. The summed E-state index contributed by atoms with van der Waals surface area (Å²) in [7, 11) is 0. The third kappa shape index (κ3) is 3.84. The van der Waals surface area contributed by atoms with Crippen LogP contribution in [0.2, 0.25) is 0 Å². The zero-order chi connectivity index (χ0) is 14.5. The second-order valence-electron chi connectivity index (χ2n) is 4.98. The van der Waals surface area contributed by atoms with Gasteiger partial charge in [-0.05, 0) is 37.1 Å². The minimum Gasteiger partial charge on any atom is -0.326 e. The second-order valence-corrected chi connectivity index (χ2v) is 6.19. The molecule has 0 amide bonds. The maximum atomic E-state index is 13.3. The summed E-state index contributed by atoms with van der Waals surface area (Å²) in [6.45, 7) is 4.15. The van der Waals surface area contributed by atoms with Crippen LogP contribution in [0, 0.1) is 12.7 Å². The Hall–Kier alpha value is -1.32. The fraction of sp³-hybridized carbons (Fsp3) is 0.294. The van der Waals surface area contributed by atoms with E-state index in [1.807, 2.05) is 6.07 Å². The molecule has 2 atom stereocenters. The maximum Gasteiger partial charge on any atom is 0.124 e. The van der Waals surface area contributed by atoms with Gasteiger partial charge < -0.3 is 5.73 Å². The molecule has 0 heterocycles. The molecular weight excluding hydrogens is 269 g/mol. The van der Waals surface area contributed by atoms with Crippen LogP contribution in [0.5, 0.6) is 0 Å². The van der Waals surface area contributed by atoms with Crippen molar-refractivity contribution in [3.8, 4) is 0 Å². The van der Waals surface area contributed by atoms with Gasteiger partial charge in [-0.3, -0.25) is 0 Å². The van der Waals surface area contributed by atoms with Gasteiger partial charge in [0.25, 0.3) is 0 Å². The molecule has 0 spiro atoms. The Balaban J connectivity index is 2.26. The van der Waals surface area contributed by atoms with E-state index in [1.165, 1.54) is 17.2 Å². The Morgan fingerprint density at radius 1 is 1.15 bits per heavy atom. The van der Waals surface area contributed by atoms with E-state index in [1.54, 1.807) is 23.9 Å². The number of rotatable bonds is 5. The summed E-state index contributed by atoms with van der Waals surface area (Å²) in [5.74, 6) is -0.206. The van der Waals surface area contributed by atoms with Gasteiger partial charge in [0.05, 0.1) is 0 Å². The van der Waals surface area contributed by atoms with Gasteiger partial charge in [-0.15, -0.1) is 11.8 Å². The maximum absolute atomic E-state index is 13.3. The molecule has 0 saturated carbocycles. The van der Waals surface area contributed by atoms with Gasteiger partial charge in [-0.1, -0.05) is 42.8 Å². The topological polar surface area (TPSA) is 26.0 Å². The van der Waals surface area contributed by atoms with E-state index in [9.17, 15) is 4.39 Å². The van der Waals surface area contributed by atoms with Crippen LogP contribution in [-0.2, 0) is 0 Å². The molecule has 2 aromatic rings. The van der Waals surface area contributed by atoms with Crippen LogP contribution in [0.15, 0.2) is 53.4 Å². The number of benzene rings is 2. The Morgan fingerprint density at radius 3 is 2.45 bits per heavy atom. The monoisotopic (exact) mass is 289 g/mol. The lowest BCUT2D eigenvalue weighted by Gasteiger charge is -2.23. The smallest absolute Gasteiger partial charge is 0.124 e. The number of nitrogens with two attached hydrogens (primary N) is 1. The normalized spacial score (nSPS) is 14.0. The van der Waals surface area contributed by atoms with E-state index in [2.05, 4.69) is 38.1 Å². The SMILES string of the molecule is CCC(N)C(Sc1cccc(F)c1)c1ccc(C)cc1. The van der Waals surface area contributed by atoms with Gasteiger partial charge in [-0.25, -0.2) is 4.39 Å². The Morgan fingerprint density at radius 2 is 1.85 bits per heavy atom. The summed E-state index contributed by atoms with van der Waals surface area (Å²) >= 11 is 1.63. The number of aryl methyl sites for hydroxylation is 1. The van der Waals surface area contributed by atoms with Gasteiger partial charge in [0, 0.05) is 16.2 Å². The van der Waals surface area contributed by atoms with Crippen molar-refractivity contribution < 1.29 is 4.39 Å². The molecule has 0 aliphatic heterocycles. The highest BCUT2D eigenvalue weighted by atomic mass is 32.2. The van der Waals surface area contributed by atoms with E-state index in [0.29, 0.717) is 0 Å². The zero-order valence-corrected chi connectivity index (χ0v) is 12.7. The van der Waals surface area contributed by atoms with Crippen LogP contribution in [0.4, 0.5) is 4.39 Å². The minimum atomic E-state index is -0.206. The van der Waals surface area contributed by atoms with E-state index < -0.39 is 0 Å². The molecule has 1 nitrogen and oxygen atoms in total. The van der Waals surface area contributed by atoms with Crippen molar-refractivity contribution in [3.63, 3.8) is 0 Å². The molecule has 106 valence electrons. The Bertz CT molecular complexity index is 553. The highest BCUT2D eigenvalue weighted by Gasteiger charge is 2.20. The van der Waals surface area contributed by atoms with Crippen molar-refractivity contribution in [3.05, 3.63) is 65.5 Å². The molecule has 0 aliphatic carbocycles. The van der Waals surface area contributed by atoms with E-state index in [0.717, 1.165) is 11.3 Å². The fourth-order valence-electron chi connectivity index (χ4n) is 2.06. The lowest BCUT2D eigenvalue weighted by Crippen LogP contribution is -2.25. The van der Waals surface area contributed by atoms with Crippen molar-refractivity contribution in [1.29, 1.82) is 0 Å². The Kier molecular flexibility index (Phi) is 5.21. The molecule has 2 rings (SSSR count). The molecule has 2 unspecified atom stereocenters. The highest BCUT2D eigenvalue weighted by Crippen LogP contribution is 2.38. The first kappa shape index (κ1) is 15.1. The molecule has 0 aliphatic rings. The first-order valence-electron chi connectivity index (χ1n) is 6.84. The van der Waals surface area contributed by atoms with Crippen molar-refractivity contribution in [1.82, 2.24) is 0 Å². The van der Waals surface area contributed by atoms with Crippen molar-refractivity contribution >= 4 is 11.8 Å². The van der Waals surface area contributed by atoms with Crippen LogP contribution >= 0.6 is 11.8 Å². The fourth-order valence-corrected chi connectivity index (χ4v) is 3.35. The van der Waals surface area contributed by atoms with Crippen molar-refractivity contribution in [2.45, 2.75) is 36.5 Å². The minimum absolute atomic E-state index is 0.0472. The summed E-state index contributed by atoms with van der Waals surface area (Å²) in [6.07, 6.45) is 0.890. The van der Waals surface area contributed by atoms with Crippen molar-refractivity contribution in [2.75, 3.05) is 0 Å². The second kappa shape index (κ2) is 6.91. The zero-order valence-electron chi connectivity index (χ0n) is 11.8. The average molecular weight is 289 g/mol. The summed E-state index contributed by atoms with van der Waals surface area (Å²) < 4.78 is 13.3. The van der Waals surface area contributed by atoms with Gasteiger partial charge in [0.15, 0.2) is 0 Å². The molecule has 0 fully saturated rings. The number of halogens is 1. The third-order valence-corrected chi connectivity index (χ3v) is 4.73. The molecule has 0 saturated heterocycles. The van der Waals surface area contributed by atoms with Gasteiger partial charge in [-0.2, -0.15) is 0 Å². The molecule has 0 bridgehead atoms. The third-order valence-electron chi connectivity index (χ3n) is 3.33. The van der Waals surface area contributed by atoms with Crippen LogP contribution < -0.4 is 5.73 Å². The molecule has 20 heavy (non-hydrogen) atoms. The van der Waals surface area contributed by atoms with E-state index >= 15 is 0 Å². The Labute approximate surface area is 124 Å². The van der Waals surface area contributed by atoms with E-state index in [4.69, 9.17) is 5.73 Å². The quantitative estimate of drug-likeness (QED) is 0.807. The molecule has 3 heteroatoms. The van der Waals surface area contributed by atoms with E-state index in [-0.39, 0.29) is 17.1 Å². The predicted octanol–water partition coefficient (Wildman–Crippen LogP) is 4.70. The van der Waals surface area contributed by atoms with Gasteiger partial charge >= 0.3 is 0 Å². The summed E-state index contributed by atoms with van der Waals surface area (Å²) in [6, 6.07) is 15.2. The van der Waals surface area contributed by atoms with Crippen LogP contribution in [0.25, 0.3) is 0 Å². The first-order valence-corrected chi connectivity index (χ1v) is 7.72. The first-order chi connectivity index (χ1) is 9.60. The largest absolute Gasteiger partial charge is 0.326 e. The number of thioether (sulfide) groups is 1. The molecule has 2 aromatic carbocycles. The molecule has 0 aromatic heterocycles. The standard InChI is InChI=1S/C17H20FNS/c1-3-16(19)17(13-9-7-12(2)8-10-13)20-15-6-4-5-14(18)11-15/h4-11,16-17H,3,19H2,1-2H3. The van der Waals surface area contributed by atoms with Crippen LogP contribution in [0.3, 0.4) is 0 Å². The lowest BCUT2D eigenvalue weighted by molar-refractivity contribution is 0.622. The van der Waals surface area contributed by atoms with Crippen molar-refractivity contribution in [2.24, 2.45) is 5.73 Å². The highest BCUT2D eigenvalue weighted by molar-refractivity contribution is 7.99. The lowest BCUT2D eigenvalue weighted by atomic mass is 10.0. The number of hydrogen-bond donors (Lipinski definition) is 1. The van der Waals surface area contributed by atoms with Gasteiger partial charge in [0.2, 0.25) is 0 Å². The molecule has 2 N–H and O–H groups in total. The number of hydrogen-bond acceptors (Lipinski definition) is 2.